The first-order valence-corrected chi connectivity index (χ1v) is 8.51. The number of aliphatic imine (C=N–C) groups is 1. The molecule has 0 atom stereocenters. The van der Waals surface area contributed by atoms with Crippen LogP contribution in [0.15, 0.2) is 29.3 Å². The standard InChI is InChI=1S/C16H8ClF5N6S/c17-8-4-5-10(13(24-8)16(20,21)22)25-15(9-6(18)2-1-3-7(9)19)26-11-12(5)28(29)27-14(11)23/h1-4,29H,(H2,23,27)(H,25,26). The first-order chi connectivity index (χ1) is 13.6. The summed E-state index contributed by atoms with van der Waals surface area (Å²) < 4.78 is 70.5. The fourth-order valence-electron chi connectivity index (χ4n) is 2.89. The van der Waals surface area contributed by atoms with Crippen LogP contribution in [0, 0.1) is 11.6 Å². The van der Waals surface area contributed by atoms with Crippen LogP contribution < -0.4 is 11.1 Å². The first-order valence-electron chi connectivity index (χ1n) is 7.74. The summed E-state index contributed by atoms with van der Waals surface area (Å²) in [5.74, 6) is -2.83. The van der Waals surface area contributed by atoms with Crippen LogP contribution in [0.1, 0.15) is 11.3 Å². The Kier molecular flexibility index (Phi) is 4.42. The molecule has 0 saturated carbocycles. The number of hydrogen-bond donors (Lipinski definition) is 3. The fraction of sp³-hybridized carbons (Fsp3) is 0.0625. The van der Waals surface area contributed by atoms with Crippen LogP contribution in [-0.4, -0.2) is 20.0 Å². The van der Waals surface area contributed by atoms with Gasteiger partial charge in [0.15, 0.2) is 11.5 Å². The maximum absolute atomic E-state index is 14.3. The molecule has 0 saturated heterocycles. The molecule has 6 nitrogen and oxygen atoms in total. The van der Waals surface area contributed by atoms with Crippen molar-refractivity contribution in [1.82, 2.24) is 14.2 Å². The Morgan fingerprint density at radius 1 is 1.17 bits per heavy atom. The van der Waals surface area contributed by atoms with Gasteiger partial charge in [0.05, 0.1) is 5.56 Å². The van der Waals surface area contributed by atoms with Gasteiger partial charge in [0.1, 0.15) is 39.7 Å². The maximum atomic E-state index is 14.3. The number of hydrogen-bond acceptors (Lipinski definition) is 6. The van der Waals surface area contributed by atoms with E-state index >= 15 is 0 Å². The lowest BCUT2D eigenvalue weighted by atomic mass is 10.1. The number of benzene rings is 1. The number of alkyl halides is 3. The summed E-state index contributed by atoms with van der Waals surface area (Å²) in [6.45, 7) is 0. The summed E-state index contributed by atoms with van der Waals surface area (Å²) in [7, 11) is 0. The molecule has 0 spiro atoms. The molecular weight excluding hydrogens is 439 g/mol. The molecule has 1 aliphatic heterocycles. The van der Waals surface area contributed by atoms with Gasteiger partial charge in [-0.15, -0.1) is 5.10 Å². The third-order valence-corrected chi connectivity index (χ3v) is 4.53. The molecular formula is C16H8ClF5N6S. The van der Waals surface area contributed by atoms with Crippen molar-refractivity contribution < 1.29 is 22.0 Å². The Labute approximate surface area is 169 Å². The molecule has 4 rings (SSSR count). The molecule has 3 N–H and O–H groups in total. The van der Waals surface area contributed by atoms with Crippen molar-refractivity contribution >= 4 is 47.4 Å². The Hall–Kier alpha value is -2.86. The van der Waals surface area contributed by atoms with E-state index in [9.17, 15) is 22.0 Å². The number of nitrogen functional groups attached to an aromatic ring is 1. The third kappa shape index (κ3) is 3.17. The van der Waals surface area contributed by atoms with Gasteiger partial charge >= 0.3 is 6.18 Å². The second-order valence-corrected chi connectivity index (χ2v) is 6.63. The zero-order chi connectivity index (χ0) is 21.1. The van der Waals surface area contributed by atoms with Crippen LogP contribution in [0.5, 0.6) is 0 Å². The summed E-state index contributed by atoms with van der Waals surface area (Å²) in [5, 5.41) is 5.92. The van der Waals surface area contributed by atoms with Gasteiger partial charge in [0, 0.05) is 5.56 Å². The van der Waals surface area contributed by atoms with Crippen molar-refractivity contribution in [3.63, 3.8) is 0 Å². The van der Waals surface area contributed by atoms with Gasteiger partial charge in [-0.2, -0.15) is 13.2 Å². The van der Waals surface area contributed by atoms with E-state index in [-0.39, 0.29) is 22.8 Å². The van der Waals surface area contributed by atoms with Crippen molar-refractivity contribution in [3.05, 3.63) is 52.3 Å². The molecule has 3 aromatic rings. The number of nitrogens with two attached hydrogens (primary N) is 1. The van der Waals surface area contributed by atoms with Gasteiger partial charge < -0.3 is 11.1 Å². The highest BCUT2D eigenvalue weighted by molar-refractivity contribution is 7.78. The molecule has 0 radical (unpaired) electrons. The highest BCUT2D eigenvalue weighted by atomic mass is 35.5. The highest BCUT2D eigenvalue weighted by Gasteiger charge is 2.40. The molecule has 3 heterocycles. The quantitative estimate of drug-likeness (QED) is 0.288. The summed E-state index contributed by atoms with van der Waals surface area (Å²) in [6, 6.07) is 4.08. The second kappa shape index (κ2) is 6.59. The largest absolute Gasteiger partial charge is 0.435 e. The first kappa shape index (κ1) is 19.5. The number of fused-ring (bicyclic) bond motifs is 3. The van der Waals surface area contributed by atoms with Gasteiger partial charge in [-0.3, -0.25) is 0 Å². The summed E-state index contributed by atoms with van der Waals surface area (Å²) in [5.41, 5.74) is 2.70. The van der Waals surface area contributed by atoms with E-state index in [0.717, 1.165) is 28.4 Å². The van der Waals surface area contributed by atoms with Gasteiger partial charge in [-0.1, -0.05) is 17.7 Å². The molecule has 0 amide bonds. The lowest BCUT2D eigenvalue weighted by Crippen LogP contribution is -2.17. The SMILES string of the molecule is Nc1nn(S)c2c1NC(c1c(F)cccc1F)=Nc1c-2cc(Cl)nc1C(F)(F)F. The third-order valence-electron chi connectivity index (χ3n) is 4.05. The van der Waals surface area contributed by atoms with Gasteiger partial charge in [0.25, 0.3) is 0 Å². The predicted octanol–water partition coefficient (Wildman–Crippen LogP) is 4.67. The minimum absolute atomic E-state index is 0.0360. The molecule has 2 aromatic heterocycles. The lowest BCUT2D eigenvalue weighted by Gasteiger charge is -2.13. The Balaban J connectivity index is 2.14. The molecule has 29 heavy (non-hydrogen) atoms. The summed E-state index contributed by atoms with van der Waals surface area (Å²) in [6.07, 6.45) is -4.96. The van der Waals surface area contributed by atoms with E-state index < -0.39 is 45.7 Å². The molecule has 1 aromatic carbocycles. The number of thiol groups is 1. The van der Waals surface area contributed by atoms with Crippen molar-refractivity contribution in [3.8, 4) is 11.3 Å². The predicted molar refractivity (Wildman–Crippen MR) is 100 cm³/mol. The number of pyridine rings is 1. The van der Waals surface area contributed by atoms with Crippen molar-refractivity contribution in [2.75, 3.05) is 11.1 Å². The maximum Gasteiger partial charge on any atom is 0.435 e. The molecule has 13 heteroatoms. The normalized spacial score (nSPS) is 13.3. The monoisotopic (exact) mass is 446 g/mol. The van der Waals surface area contributed by atoms with Crippen LogP contribution in [0.3, 0.4) is 0 Å². The van der Waals surface area contributed by atoms with Crippen molar-refractivity contribution in [2.24, 2.45) is 4.99 Å². The lowest BCUT2D eigenvalue weighted by molar-refractivity contribution is -0.140. The molecule has 1 aliphatic rings. The van der Waals surface area contributed by atoms with Gasteiger partial charge in [-0.25, -0.2) is 22.8 Å². The molecule has 150 valence electrons. The minimum atomic E-state index is -4.96. The molecule has 0 aliphatic carbocycles. The zero-order valence-corrected chi connectivity index (χ0v) is 15.5. The molecule has 0 bridgehead atoms. The number of nitrogens with zero attached hydrogens (tertiary/aromatic N) is 4. The summed E-state index contributed by atoms with van der Waals surface area (Å²) in [4.78, 5) is 7.18. The van der Waals surface area contributed by atoms with E-state index in [1.807, 2.05) is 0 Å². The van der Waals surface area contributed by atoms with E-state index in [0.29, 0.717) is 0 Å². The van der Waals surface area contributed by atoms with E-state index in [2.05, 4.69) is 33.2 Å². The number of rotatable bonds is 1. The zero-order valence-electron chi connectivity index (χ0n) is 13.9. The fourth-order valence-corrected chi connectivity index (χ4v) is 3.39. The van der Waals surface area contributed by atoms with E-state index in [1.165, 1.54) is 0 Å². The minimum Gasteiger partial charge on any atom is -0.380 e. The van der Waals surface area contributed by atoms with Crippen LogP contribution in [0.4, 0.5) is 39.1 Å². The van der Waals surface area contributed by atoms with Crippen LogP contribution in [0.25, 0.3) is 11.3 Å². The average molecular weight is 447 g/mol. The molecule has 0 unspecified atom stereocenters. The van der Waals surface area contributed by atoms with E-state index in [4.69, 9.17) is 17.3 Å². The Morgan fingerprint density at radius 2 is 1.83 bits per heavy atom. The Bertz CT molecular complexity index is 1170. The Morgan fingerprint density at radius 3 is 2.45 bits per heavy atom. The van der Waals surface area contributed by atoms with Crippen molar-refractivity contribution in [1.29, 1.82) is 0 Å². The topological polar surface area (TPSA) is 81.1 Å². The second-order valence-electron chi connectivity index (χ2n) is 5.87. The van der Waals surface area contributed by atoms with Gasteiger partial charge in [-0.05, 0) is 31.0 Å². The summed E-state index contributed by atoms with van der Waals surface area (Å²) >= 11 is 9.85. The van der Waals surface area contributed by atoms with Gasteiger partial charge in [0.2, 0.25) is 0 Å². The van der Waals surface area contributed by atoms with Crippen LogP contribution >= 0.6 is 24.4 Å². The molecule has 0 fully saturated rings. The average Bonchev–Trinajstić information content (AvgIpc) is 2.78. The van der Waals surface area contributed by atoms with Crippen LogP contribution in [0.2, 0.25) is 5.15 Å². The smallest absolute Gasteiger partial charge is 0.380 e. The number of nitrogens with one attached hydrogen (secondary N) is 1. The van der Waals surface area contributed by atoms with E-state index in [1.54, 1.807) is 0 Å². The van der Waals surface area contributed by atoms with Crippen molar-refractivity contribution in [2.45, 2.75) is 6.18 Å². The number of aromatic nitrogens is 3. The number of amidine groups is 1. The highest BCUT2D eigenvalue weighted by Crippen LogP contribution is 2.47. The number of anilines is 2. The number of halogens is 6. The van der Waals surface area contributed by atoms with Crippen LogP contribution in [-0.2, 0) is 6.18 Å².